The molecular formula is C18H27N3O3S. The van der Waals surface area contributed by atoms with Crippen LogP contribution in [0.25, 0.3) is 0 Å². The van der Waals surface area contributed by atoms with Gasteiger partial charge in [0, 0.05) is 19.1 Å². The SMILES string of the molecule is CC1CNCCC1NC(=O)C1CCCN(S(=O)(=O)c2ccccc2)C1. The van der Waals surface area contributed by atoms with E-state index in [0.29, 0.717) is 23.8 Å². The number of carbonyl (C=O) groups is 1. The molecule has 0 bridgehead atoms. The fourth-order valence-electron chi connectivity index (χ4n) is 3.65. The minimum Gasteiger partial charge on any atom is -0.353 e. The van der Waals surface area contributed by atoms with Crippen molar-refractivity contribution in [3.05, 3.63) is 30.3 Å². The highest BCUT2D eigenvalue weighted by molar-refractivity contribution is 7.89. The van der Waals surface area contributed by atoms with Gasteiger partial charge in [-0.1, -0.05) is 25.1 Å². The predicted molar refractivity (Wildman–Crippen MR) is 96.5 cm³/mol. The van der Waals surface area contributed by atoms with Crippen molar-refractivity contribution in [1.82, 2.24) is 14.9 Å². The first-order valence-electron chi connectivity index (χ1n) is 9.05. The first-order chi connectivity index (χ1) is 12.0. The molecule has 2 saturated heterocycles. The molecular weight excluding hydrogens is 338 g/mol. The van der Waals surface area contributed by atoms with Crippen molar-refractivity contribution >= 4 is 15.9 Å². The normalized spacial score (nSPS) is 28.4. The van der Waals surface area contributed by atoms with Gasteiger partial charge in [-0.05, 0) is 50.4 Å². The summed E-state index contributed by atoms with van der Waals surface area (Å²) >= 11 is 0. The maximum Gasteiger partial charge on any atom is 0.243 e. The fourth-order valence-corrected chi connectivity index (χ4v) is 5.19. The number of nitrogens with one attached hydrogen (secondary N) is 2. The quantitative estimate of drug-likeness (QED) is 0.840. The van der Waals surface area contributed by atoms with Gasteiger partial charge in [0.2, 0.25) is 15.9 Å². The van der Waals surface area contributed by atoms with Gasteiger partial charge in [0.1, 0.15) is 0 Å². The molecule has 2 heterocycles. The van der Waals surface area contributed by atoms with Crippen LogP contribution in [0.4, 0.5) is 0 Å². The number of amides is 1. The van der Waals surface area contributed by atoms with Crippen LogP contribution in [-0.2, 0) is 14.8 Å². The summed E-state index contributed by atoms with van der Waals surface area (Å²) in [6.07, 6.45) is 2.38. The van der Waals surface area contributed by atoms with Crippen LogP contribution < -0.4 is 10.6 Å². The highest BCUT2D eigenvalue weighted by Gasteiger charge is 2.34. The van der Waals surface area contributed by atoms with Crippen LogP contribution in [-0.4, -0.2) is 50.9 Å². The lowest BCUT2D eigenvalue weighted by molar-refractivity contribution is -0.127. The molecule has 2 aliphatic rings. The third-order valence-electron chi connectivity index (χ3n) is 5.25. The molecule has 0 saturated carbocycles. The molecule has 7 heteroatoms. The summed E-state index contributed by atoms with van der Waals surface area (Å²) < 4.78 is 27.0. The number of piperidine rings is 2. The molecule has 2 N–H and O–H groups in total. The highest BCUT2D eigenvalue weighted by atomic mass is 32.2. The van der Waals surface area contributed by atoms with E-state index in [4.69, 9.17) is 0 Å². The molecule has 6 nitrogen and oxygen atoms in total. The Bertz CT molecular complexity index is 693. The van der Waals surface area contributed by atoms with Gasteiger partial charge < -0.3 is 10.6 Å². The van der Waals surface area contributed by atoms with E-state index in [9.17, 15) is 13.2 Å². The lowest BCUT2D eigenvalue weighted by Gasteiger charge is -2.34. The van der Waals surface area contributed by atoms with Crippen molar-refractivity contribution in [1.29, 1.82) is 0 Å². The average Bonchev–Trinajstić information content (AvgIpc) is 2.64. The van der Waals surface area contributed by atoms with Gasteiger partial charge in [-0.15, -0.1) is 0 Å². The van der Waals surface area contributed by atoms with Crippen LogP contribution in [0, 0.1) is 11.8 Å². The largest absolute Gasteiger partial charge is 0.353 e. The molecule has 0 aliphatic carbocycles. The molecule has 2 fully saturated rings. The van der Waals surface area contributed by atoms with E-state index in [0.717, 1.165) is 25.9 Å². The second kappa shape index (κ2) is 7.85. The van der Waals surface area contributed by atoms with Crippen molar-refractivity contribution in [3.63, 3.8) is 0 Å². The van der Waals surface area contributed by atoms with Crippen molar-refractivity contribution in [2.24, 2.45) is 11.8 Å². The van der Waals surface area contributed by atoms with E-state index in [2.05, 4.69) is 17.6 Å². The Balaban J connectivity index is 1.65. The van der Waals surface area contributed by atoms with E-state index in [-0.39, 0.29) is 24.4 Å². The van der Waals surface area contributed by atoms with Gasteiger partial charge in [0.05, 0.1) is 10.8 Å². The Hall–Kier alpha value is -1.44. The van der Waals surface area contributed by atoms with Crippen LogP contribution in [0.5, 0.6) is 0 Å². The Kier molecular flexibility index (Phi) is 5.76. The Morgan fingerprint density at radius 3 is 2.72 bits per heavy atom. The monoisotopic (exact) mass is 365 g/mol. The van der Waals surface area contributed by atoms with E-state index in [1.165, 1.54) is 4.31 Å². The van der Waals surface area contributed by atoms with Crippen LogP contribution >= 0.6 is 0 Å². The summed E-state index contributed by atoms with van der Waals surface area (Å²) in [6, 6.07) is 8.63. The van der Waals surface area contributed by atoms with Gasteiger partial charge in [-0.2, -0.15) is 4.31 Å². The standard InChI is InChI=1S/C18H27N3O3S/c1-14-12-19-10-9-17(14)20-18(22)15-6-5-11-21(13-15)25(23,24)16-7-3-2-4-8-16/h2-4,7-8,14-15,17,19H,5-6,9-13H2,1H3,(H,20,22). The zero-order valence-corrected chi connectivity index (χ0v) is 15.5. The molecule has 25 heavy (non-hydrogen) atoms. The highest BCUT2D eigenvalue weighted by Crippen LogP contribution is 2.24. The summed E-state index contributed by atoms with van der Waals surface area (Å²) in [6.45, 7) is 4.69. The molecule has 3 rings (SSSR count). The Morgan fingerprint density at radius 1 is 1.24 bits per heavy atom. The molecule has 3 atom stereocenters. The predicted octanol–water partition coefficient (Wildman–Crippen LogP) is 1.20. The number of rotatable bonds is 4. The summed E-state index contributed by atoms with van der Waals surface area (Å²) in [7, 11) is -3.53. The Labute approximate surface area is 150 Å². The number of hydrogen-bond donors (Lipinski definition) is 2. The van der Waals surface area contributed by atoms with Crippen molar-refractivity contribution in [2.75, 3.05) is 26.2 Å². The van der Waals surface area contributed by atoms with E-state index >= 15 is 0 Å². The lowest BCUT2D eigenvalue weighted by atomic mass is 9.93. The number of benzene rings is 1. The molecule has 1 aromatic rings. The van der Waals surface area contributed by atoms with Crippen molar-refractivity contribution < 1.29 is 13.2 Å². The van der Waals surface area contributed by atoms with Crippen LogP contribution in [0.1, 0.15) is 26.2 Å². The zero-order valence-electron chi connectivity index (χ0n) is 14.6. The van der Waals surface area contributed by atoms with Crippen LogP contribution in [0.15, 0.2) is 35.2 Å². The molecule has 1 aromatic carbocycles. The number of carbonyl (C=O) groups excluding carboxylic acids is 1. The minimum atomic E-state index is -3.53. The first kappa shape index (κ1) is 18.4. The minimum absolute atomic E-state index is 0.00767. The molecule has 138 valence electrons. The number of nitrogens with zero attached hydrogens (tertiary/aromatic N) is 1. The van der Waals surface area contributed by atoms with Gasteiger partial charge in [0.25, 0.3) is 0 Å². The third kappa shape index (κ3) is 4.22. The molecule has 0 radical (unpaired) electrons. The van der Waals surface area contributed by atoms with E-state index in [1.54, 1.807) is 30.3 Å². The summed E-state index contributed by atoms with van der Waals surface area (Å²) in [5, 5.41) is 6.47. The maximum atomic E-state index is 12.8. The van der Waals surface area contributed by atoms with Gasteiger partial charge in [-0.3, -0.25) is 4.79 Å². The number of hydrogen-bond acceptors (Lipinski definition) is 4. The van der Waals surface area contributed by atoms with Crippen molar-refractivity contribution in [2.45, 2.75) is 37.1 Å². The molecule has 0 aromatic heterocycles. The van der Waals surface area contributed by atoms with E-state index in [1.807, 2.05) is 0 Å². The summed E-state index contributed by atoms with van der Waals surface area (Å²) in [5.41, 5.74) is 0. The van der Waals surface area contributed by atoms with Gasteiger partial charge in [-0.25, -0.2) is 8.42 Å². The first-order valence-corrected chi connectivity index (χ1v) is 10.5. The zero-order chi connectivity index (χ0) is 17.9. The molecule has 3 unspecified atom stereocenters. The maximum absolute atomic E-state index is 12.8. The topological polar surface area (TPSA) is 78.5 Å². The fraction of sp³-hybridized carbons (Fsp3) is 0.611. The summed E-state index contributed by atoms with van der Waals surface area (Å²) in [4.78, 5) is 13.0. The smallest absolute Gasteiger partial charge is 0.243 e. The van der Waals surface area contributed by atoms with Crippen molar-refractivity contribution in [3.8, 4) is 0 Å². The number of sulfonamides is 1. The second-order valence-electron chi connectivity index (χ2n) is 7.10. The summed E-state index contributed by atoms with van der Waals surface area (Å²) in [5.74, 6) is 0.117. The molecule has 0 spiro atoms. The van der Waals surface area contributed by atoms with Crippen LogP contribution in [0.2, 0.25) is 0 Å². The lowest BCUT2D eigenvalue weighted by Crippen LogP contribution is -2.52. The Morgan fingerprint density at radius 2 is 2.00 bits per heavy atom. The third-order valence-corrected chi connectivity index (χ3v) is 7.13. The molecule has 1 amide bonds. The van der Waals surface area contributed by atoms with Crippen LogP contribution in [0.3, 0.4) is 0 Å². The van der Waals surface area contributed by atoms with Gasteiger partial charge in [0.15, 0.2) is 0 Å². The average molecular weight is 365 g/mol. The second-order valence-corrected chi connectivity index (χ2v) is 9.04. The van der Waals surface area contributed by atoms with Gasteiger partial charge >= 0.3 is 0 Å². The molecule has 2 aliphatic heterocycles. The van der Waals surface area contributed by atoms with E-state index < -0.39 is 10.0 Å².